The van der Waals surface area contributed by atoms with Crippen LogP contribution in [0.5, 0.6) is 0 Å². The maximum atomic E-state index is 12.0. The number of nitrogens with one attached hydrogen (secondary N) is 1. The Hall–Kier alpha value is -0.610. The summed E-state index contributed by atoms with van der Waals surface area (Å²) in [4.78, 5) is 17.1. The smallest absolute Gasteiger partial charge is 0.223 e. The molecule has 2 aliphatic rings. The normalized spacial score (nSPS) is 22.3. The Kier molecular flexibility index (Phi) is 7.51. The van der Waals surface area contributed by atoms with Crippen LogP contribution < -0.4 is 5.32 Å². The Morgan fingerprint density at radius 2 is 1.67 bits per heavy atom. The highest BCUT2D eigenvalue weighted by Gasteiger charge is 2.20. The summed E-state index contributed by atoms with van der Waals surface area (Å²) in [6.45, 7) is 10.3. The molecular formula is C17H33N3O. The molecule has 0 aromatic heterocycles. The lowest BCUT2D eigenvalue weighted by molar-refractivity contribution is -0.125. The van der Waals surface area contributed by atoms with Crippen LogP contribution in [0.25, 0.3) is 0 Å². The predicted octanol–water partition coefficient (Wildman–Crippen LogP) is 2.10. The van der Waals surface area contributed by atoms with Gasteiger partial charge in [-0.25, -0.2) is 0 Å². The number of rotatable bonds is 7. The van der Waals surface area contributed by atoms with Gasteiger partial charge in [-0.05, 0) is 38.8 Å². The minimum Gasteiger partial charge on any atom is -0.356 e. The minimum atomic E-state index is 0.306. The number of hydrogen-bond donors (Lipinski definition) is 1. The van der Waals surface area contributed by atoms with Gasteiger partial charge in [0.05, 0.1) is 0 Å². The number of carbonyl (C=O) groups is 1. The van der Waals surface area contributed by atoms with E-state index >= 15 is 0 Å². The first-order valence-corrected chi connectivity index (χ1v) is 9.02. The fourth-order valence-electron chi connectivity index (χ4n) is 3.51. The monoisotopic (exact) mass is 295 g/mol. The van der Waals surface area contributed by atoms with Gasteiger partial charge in [-0.3, -0.25) is 4.79 Å². The van der Waals surface area contributed by atoms with Gasteiger partial charge in [-0.1, -0.05) is 26.2 Å². The molecule has 1 amide bonds. The molecule has 2 fully saturated rings. The summed E-state index contributed by atoms with van der Waals surface area (Å²) in [5, 5.41) is 3.14. The second-order valence-corrected chi connectivity index (χ2v) is 6.61. The molecule has 0 aromatic rings. The van der Waals surface area contributed by atoms with Crippen molar-refractivity contribution >= 4 is 5.91 Å². The molecule has 1 aliphatic heterocycles. The Morgan fingerprint density at radius 3 is 2.33 bits per heavy atom. The quantitative estimate of drug-likeness (QED) is 0.731. The molecule has 21 heavy (non-hydrogen) atoms. The van der Waals surface area contributed by atoms with Gasteiger partial charge in [-0.2, -0.15) is 0 Å². The summed E-state index contributed by atoms with van der Waals surface area (Å²) in [6, 6.07) is 0. The first-order valence-electron chi connectivity index (χ1n) is 9.02. The van der Waals surface area contributed by atoms with Crippen LogP contribution in [0, 0.1) is 5.92 Å². The zero-order valence-electron chi connectivity index (χ0n) is 13.8. The molecule has 0 atom stereocenters. The SMILES string of the molecule is CCN1CCN(CCCCNC(=O)C2CCCCC2)CC1. The van der Waals surface area contributed by atoms with Crippen molar-refractivity contribution in [2.45, 2.75) is 51.9 Å². The number of hydrogen-bond acceptors (Lipinski definition) is 3. The first-order chi connectivity index (χ1) is 10.3. The number of nitrogens with zero attached hydrogens (tertiary/aromatic N) is 2. The molecule has 0 radical (unpaired) electrons. The molecule has 4 nitrogen and oxygen atoms in total. The summed E-state index contributed by atoms with van der Waals surface area (Å²) in [5.74, 6) is 0.618. The fraction of sp³-hybridized carbons (Fsp3) is 0.941. The number of carbonyl (C=O) groups excluding carboxylic acids is 1. The molecule has 1 saturated carbocycles. The molecule has 1 N–H and O–H groups in total. The van der Waals surface area contributed by atoms with Crippen LogP contribution >= 0.6 is 0 Å². The molecule has 1 aliphatic carbocycles. The fourth-order valence-corrected chi connectivity index (χ4v) is 3.51. The van der Waals surface area contributed by atoms with Crippen LogP contribution in [0.3, 0.4) is 0 Å². The van der Waals surface area contributed by atoms with Gasteiger partial charge < -0.3 is 15.1 Å². The third-order valence-electron chi connectivity index (χ3n) is 5.09. The molecule has 0 unspecified atom stereocenters. The van der Waals surface area contributed by atoms with Crippen LogP contribution in [0.15, 0.2) is 0 Å². The Balaban J connectivity index is 1.47. The van der Waals surface area contributed by atoms with E-state index in [1.807, 2.05) is 0 Å². The zero-order valence-corrected chi connectivity index (χ0v) is 13.8. The van der Waals surface area contributed by atoms with Gasteiger partial charge in [0.2, 0.25) is 5.91 Å². The third kappa shape index (κ3) is 5.95. The highest BCUT2D eigenvalue weighted by atomic mass is 16.1. The van der Waals surface area contributed by atoms with Gasteiger partial charge in [0.25, 0.3) is 0 Å². The van der Waals surface area contributed by atoms with Gasteiger partial charge in [0, 0.05) is 38.6 Å². The van der Waals surface area contributed by atoms with Crippen molar-refractivity contribution in [1.82, 2.24) is 15.1 Å². The number of amides is 1. The maximum Gasteiger partial charge on any atom is 0.223 e. The Labute approximate surface area is 130 Å². The van der Waals surface area contributed by atoms with Gasteiger partial charge in [-0.15, -0.1) is 0 Å². The molecule has 0 bridgehead atoms. The van der Waals surface area contributed by atoms with Crippen molar-refractivity contribution in [2.24, 2.45) is 5.92 Å². The predicted molar refractivity (Wildman–Crippen MR) is 87.4 cm³/mol. The average Bonchev–Trinajstić information content (AvgIpc) is 2.55. The minimum absolute atomic E-state index is 0.306. The topological polar surface area (TPSA) is 35.6 Å². The van der Waals surface area contributed by atoms with Crippen molar-refractivity contribution in [1.29, 1.82) is 0 Å². The summed E-state index contributed by atoms with van der Waals surface area (Å²) < 4.78 is 0. The second kappa shape index (κ2) is 9.42. The van der Waals surface area contributed by atoms with E-state index in [2.05, 4.69) is 22.0 Å². The number of unbranched alkanes of at least 4 members (excludes halogenated alkanes) is 1. The lowest BCUT2D eigenvalue weighted by Crippen LogP contribution is -2.46. The lowest BCUT2D eigenvalue weighted by atomic mass is 9.89. The molecule has 2 rings (SSSR count). The van der Waals surface area contributed by atoms with Crippen molar-refractivity contribution in [3.05, 3.63) is 0 Å². The van der Waals surface area contributed by atoms with Crippen LogP contribution in [0.2, 0.25) is 0 Å². The zero-order chi connectivity index (χ0) is 14.9. The number of likely N-dealkylation sites (N-methyl/N-ethyl adjacent to an activating group) is 1. The van der Waals surface area contributed by atoms with E-state index in [4.69, 9.17) is 0 Å². The largest absolute Gasteiger partial charge is 0.356 e. The van der Waals surface area contributed by atoms with Crippen molar-refractivity contribution < 1.29 is 4.79 Å². The van der Waals surface area contributed by atoms with E-state index < -0.39 is 0 Å². The van der Waals surface area contributed by atoms with E-state index in [9.17, 15) is 4.79 Å². The Morgan fingerprint density at radius 1 is 1.00 bits per heavy atom. The first kappa shape index (κ1) is 16.8. The number of piperazine rings is 1. The third-order valence-corrected chi connectivity index (χ3v) is 5.09. The maximum absolute atomic E-state index is 12.0. The lowest BCUT2D eigenvalue weighted by Gasteiger charge is -2.34. The molecular weight excluding hydrogens is 262 g/mol. The van der Waals surface area contributed by atoms with Gasteiger partial charge in [0.15, 0.2) is 0 Å². The molecule has 4 heteroatoms. The summed E-state index contributed by atoms with van der Waals surface area (Å²) in [5.41, 5.74) is 0. The van der Waals surface area contributed by atoms with E-state index in [0.717, 1.165) is 25.8 Å². The van der Waals surface area contributed by atoms with Crippen molar-refractivity contribution in [3.63, 3.8) is 0 Å². The molecule has 0 spiro atoms. The summed E-state index contributed by atoms with van der Waals surface area (Å²) >= 11 is 0. The highest BCUT2D eigenvalue weighted by Crippen LogP contribution is 2.23. The van der Waals surface area contributed by atoms with Crippen molar-refractivity contribution in [2.75, 3.05) is 45.8 Å². The summed E-state index contributed by atoms with van der Waals surface area (Å²) in [7, 11) is 0. The van der Waals surface area contributed by atoms with Gasteiger partial charge in [0.1, 0.15) is 0 Å². The standard InChI is InChI=1S/C17H33N3O/c1-2-19-12-14-20(15-13-19)11-7-6-10-18-17(21)16-8-4-3-5-9-16/h16H,2-15H2,1H3,(H,18,21). The second-order valence-electron chi connectivity index (χ2n) is 6.61. The van der Waals surface area contributed by atoms with Crippen LogP contribution in [0.4, 0.5) is 0 Å². The molecule has 1 heterocycles. The van der Waals surface area contributed by atoms with Gasteiger partial charge >= 0.3 is 0 Å². The Bertz CT molecular complexity index is 294. The van der Waals surface area contributed by atoms with E-state index in [-0.39, 0.29) is 0 Å². The average molecular weight is 295 g/mol. The van der Waals surface area contributed by atoms with Crippen LogP contribution in [0.1, 0.15) is 51.9 Å². The van der Waals surface area contributed by atoms with E-state index in [1.54, 1.807) is 0 Å². The highest BCUT2D eigenvalue weighted by molar-refractivity contribution is 5.78. The van der Waals surface area contributed by atoms with E-state index in [0.29, 0.717) is 11.8 Å². The van der Waals surface area contributed by atoms with Crippen LogP contribution in [-0.4, -0.2) is 61.5 Å². The molecule has 0 aromatic carbocycles. The molecule has 122 valence electrons. The van der Waals surface area contributed by atoms with Crippen LogP contribution in [-0.2, 0) is 4.79 Å². The van der Waals surface area contributed by atoms with E-state index in [1.165, 1.54) is 65.0 Å². The molecule has 1 saturated heterocycles. The van der Waals surface area contributed by atoms with Crippen molar-refractivity contribution in [3.8, 4) is 0 Å². The summed E-state index contributed by atoms with van der Waals surface area (Å²) in [6.07, 6.45) is 8.32.